The Morgan fingerprint density at radius 1 is 1.08 bits per heavy atom. The first-order valence-electron chi connectivity index (χ1n) is 11.4. The number of amides is 1. The third-order valence-corrected chi connectivity index (χ3v) is 6.37. The molecule has 1 aliphatic rings. The van der Waals surface area contributed by atoms with Crippen LogP contribution in [0, 0.1) is 5.82 Å². The van der Waals surface area contributed by atoms with Gasteiger partial charge in [0.2, 0.25) is 5.91 Å². The summed E-state index contributed by atoms with van der Waals surface area (Å²) < 4.78 is 21.1. The first-order valence-corrected chi connectivity index (χ1v) is 11.8. The van der Waals surface area contributed by atoms with E-state index in [1.54, 1.807) is 31.5 Å². The maximum Gasteiger partial charge on any atom is 0.221 e. The molecule has 2 aromatic carbocycles. The fourth-order valence-electron chi connectivity index (χ4n) is 4.54. The summed E-state index contributed by atoms with van der Waals surface area (Å²) in [7, 11) is 1.55. The minimum atomic E-state index is -0.300. The van der Waals surface area contributed by atoms with Crippen molar-refractivity contribution >= 4 is 34.6 Å². The van der Waals surface area contributed by atoms with Gasteiger partial charge in [-0.1, -0.05) is 6.07 Å². The standard InChI is InChI=1S/C27H24FN5O2S/c1-17(34)30-22-16-20(12-13-24(22)35-2)33-26(25(31-27(33)36)21-6-3-4-14-29-21)23-7-5-15-32(23)19-10-8-18(28)9-11-19/h3-16,25-26H,1-2H3,(H,30,34)(H,31,36). The Morgan fingerprint density at radius 2 is 1.86 bits per heavy atom. The molecular formula is C27H24FN5O2S. The molecule has 0 aliphatic carbocycles. The number of thiocarbonyl (C=S) groups is 1. The molecule has 0 spiro atoms. The van der Waals surface area contributed by atoms with Crippen molar-refractivity contribution in [2.24, 2.45) is 0 Å². The number of rotatable bonds is 6. The Hall–Kier alpha value is -4.24. The zero-order chi connectivity index (χ0) is 25.2. The lowest BCUT2D eigenvalue weighted by atomic mass is 10.0. The van der Waals surface area contributed by atoms with Gasteiger partial charge >= 0.3 is 0 Å². The molecule has 2 atom stereocenters. The number of pyridine rings is 1. The molecule has 3 heterocycles. The lowest BCUT2D eigenvalue weighted by Crippen LogP contribution is -2.30. The van der Waals surface area contributed by atoms with E-state index in [1.165, 1.54) is 19.1 Å². The van der Waals surface area contributed by atoms with Crippen molar-refractivity contribution in [3.05, 3.63) is 102 Å². The largest absolute Gasteiger partial charge is 0.495 e. The number of nitrogens with zero attached hydrogens (tertiary/aromatic N) is 3. The van der Waals surface area contributed by atoms with Crippen molar-refractivity contribution in [1.29, 1.82) is 0 Å². The molecule has 0 radical (unpaired) electrons. The average Bonchev–Trinajstić information content (AvgIpc) is 3.49. The quantitative estimate of drug-likeness (QED) is 0.356. The summed E-state index contributed by atoms with van der Waals surface area (Å²) in [6.07, 6.45) is 3.69. The summed E-state index contributed by atoms with van der Waals surface area (Å²) in [4.78, 5) is 18.4. The summed E-state index contributed by atoms with van der Waals surface area (Å²) in [6.45, 7) is 1.45. The molecule has 9 heteroatoms. The lowest BCUT2D eigenvalue weighted by Gasteiger charge is -2.29. The molecule has 4 aromatic rings. The Morgan fingerprint density at radius 3 is 2.56 bits per heavy atom. The van der Waals surface area contributed by atoms with Crippen LogP contribution in [0.1, 0.15) is 30.4 Å². The number of nitrogens with one attached hydrogen (secondary N) is 2. The van der Waals surface area contributed by atoms with E-state index >= 15 is 0 Å². The van der Waals surface area contributed by atoms with Gasteiger partial charge in [0.1, 0.15) is 17.6 Å². The number of hydrogen-bond acceptors (Lipinski definition) is 4. The van der Waals surface area contributed by atoms with E-state index in [0.29, 0.717) is 16.5 Å². The first-order chi connectivity index (χ1) is 17.5. The number of carbonyl (C=O) groups excluding carboxylic acids is 1. The van der Waals surface area contributed by atoms with Crippen molar-refractivity contribution < 1.29 is 13.9 Å². The zero-order valence-corrected chi connectivity index (χ0v) is 20.5. The molecule has 2 N–H and O–H groups in total. The molecule has 1 amide bonds. The summed E-state index contributed by atoms with van der Waals surface area (Å²) >= 11 is 5.83. The number of methoxy groups -OCH3 is 1. The van der Waals surface area contributed by atoms with Gasteiger partial charge in [-0.2, -0.15) is 0 Å². The van der Waals surface area contributed by atoms with Crippen LogP contribution in [0.4, 0.5) is 15.8 Å². The van der Waals surface area contributed by atoms with E-state index in [2.05, 4.69) is 15.6 Å². The van der Waals surface area contributed by atoms with Gasteiger partial charge in [-0.25, -0.2) is 4.39 Å². The summed E-state index contributed by atoms with van der Waals surface area (Å²) in [5.74, 6) is 0.0353. The number of anilines is 2. The Bertz CT molecular complexity index is 1410. The van der Waals surface area contributed by atoms with Crippen LogP contribution in [0.25, 0.3) is 5.69 Å². The SMILES string of the molecule is COc1ccc(N2C(=S)NC(c3ccccn3)C2c2cccn2-c2ccc(F)cc2)cc1NC(C)=O. The van der Waals surface area contributed by atoms with Gasteiger partial charge in [-0.15, -0.1) is 0 Å². The highest BCUT2D eigenvalue weighted by atomic mass is 32.1. The van der Waals surface area contributed by atoms with E-state index in [0.717, 1.165) is 22.8 Å². The van der Waals surface area contributed by atoms with E-state index in [-0.39, 0.29) is 23.8 Å². The molecule has 1 fully saturated rings. The monoisotopic (exact) mass is 501 g/mol. The topological polar surface area (TPSA) is 71.4 Å². The number of hydrogen-bond donors (Lipinski definition) is 2. The second-order valence-corrected chi connectivity index (χ2v) is 8.73. The predicted molar refractivity (Wildman–Crippen MR) is 141 cm³/mol. The van der Waals surface area contributed by atoms with Crippen LogP contribution in [0.15, 0.2) is 85.2 Å². The van der Waals surface area contributed by atoms with Crippen molar-refractivity contribution in [3.8, 4) is 11.4 Å². The normalized spacial score (nSPS) is 17.1. The minimum absolute atomic E-state index is 0.208. The molecule has 2 aromatic heterocycles. The smallest absolute Gasteiger partial charge is 0.221 e. The molecular weight excluding hydrogens is 477 g/mol. The highest BCUT2D eigenvalue weighted by Crippen LogP contribution is 2.43. The van der Waals surface area contributed by atoms with Crippen LogP contribution in [-0.4, -0.2) is 27.7 Å². The average molecular weight is 502 g/mol. The molecule has 7 nitrogen and oxygen atoms in total. The summed E-state index contributed by atoms with van der Waals surface area (Å²) in [5, 5.41) is 6.78. The van der Waals surface area contributed by atoms with Crippen LogP contribution < -0.4 is 20.3 Å². The third-order valence-electron chi connectivity index (χ3n) is 6.06. The molecule has 1 aliphatic heterocycles. The highest BCUT2D eigenvalue weighted by molar-refractivity contribution is 7.80. The Balaban J connectivity index is 1.66. The van der Waals surface area contributed by atoms with Crippen molar-refractivity contribution in [1.82, 2.24) is 14.9 Å². The second kappa shape index (κ2) is 9.79. The van der Waals surface area contributed by atoms with E-state index in [1.807, 2.05) is 58.1 Å². The van der Waals surface area contributed by atoms with E-state index < -0.39 is 0 Å². The van der Waals surface area contributed by atoms with Crippen LogP contribution in [0.5, 0.6) is 5.75 Å². The van der Waals surface area contributed by atoms with Crippen molar-refractivity contribution in [2.45, 2.75) is 19.0 Å². The van der Waals surface area contributed by atoms with Gasteiger partial charge in [0.05, 0.1) is 24.5 Å². The number of benzene rings is 2. The van der Waals surface area contributed by atoms with Crippen molar-refractivity contribution in [2.75, 3.05) is 17.3 Å². The van der Waals surface area contributed by atoms with Crippen LogP contribution in [0.2, 0.25) is 0 Å². The van der Waals surface area contributed by atoms with Gasteiger partial charge in [-0.3, -0.25) is 9.78 Å². The fraction of sp³-hybridized carbons (Fsp3) is 0.148. The fourth-order valence-corrected chi connectivity index (χ4v) is 4.88. The molecule has 1 saturated heterocycles. The summed E-state index contributed by atoms with van der Waals surface area (Å²) in [6, 6.07) is 21.1. The van der Waals surface area contributed by atoms with Gasteiger partial charge in [0.25, 0.3) is 0 Å². The predicted octanol–water partition coefficient (Wildman–Crippen LogP) is 5.16. The van der Waals surface area contributed by atoms with Gasteiger partial charge < -0.3 is 24.8 Å². The zero-order valence-electron chi connectivity index (χ0n) is 19.7. The Kier molecular flexibility index (Phi) is 6.39. The van der Waals surface area contributed by atoms with Gasteiger partial charge in [0.15, 0.2) is 5.11 Å². The minimum Gasteiger partial charge on any atom is -0.495 e. The van der Waals surface area contributed by atoms with Gasteiger partial charge in [-0.05, 0) is 78.9 Å². The maximum atomic E-state index is 13.6. The molecule has 2 unspecified atom stereocenters. The maximum absolute atomic E-state index is 13.6. The van der Waals surface area contributed by atoms with Gasteiger partial charge in [0, 0.05) is 36.4 Å². The van der Waals surface area contributed by atoms with E-state index in [9.17, 15) is 9.18 Å². The number of carbonyl (C=O) groups is 1. The number of aromatic nitrogens is 2. The first kappa shape index (κ1) is 23.5. The molecule has 0 saturated carbocycles. The van der Waals surface area contributed by atoms with E-state index in [4.69, 9.17) is 17.0 Å². The molecule has 0 bridgehead atoms. The van der Waals surface area contributed by atoms with Crippen LogP contribution in [-0.2, 0) is 4.79 Å². The molecule has 36 heavy (non-hydrogen) atoms. The molecule has 182 valence electrons. The number of ether oxygens (including phenoxy) is 1. The second-order valence-electron chi connectivity index (χ2n) is 8.34. The molecule has 5 rings (SSSR count). The Labute approximate surface area is 213 Å². The number of halogens is 1. The van der Waals surface area contributed by atoms with Crippen LogP contribution >= 0.6 is 12.2 Å². The summed E-state index contributed by atoms with van der Waals surface area (Å²) in [5.41, 5.74) is 3.89. The lowest BCUT2D eigenvalue weighted by molar-refractivity contribution is -0.114. The van der Waals surface area contributed by atoms with Crippen molar-refractivity contribution in [3.63, 3.8) is 0 Å². The third kappa shape index (κ3) is 4.40. The van der Waals surface area contributed by atoms with Crippen LogP contribution in [0.3, 0.4) is 0 Å². The highest BCUT2D eigenvalue weighted by Gasteiger charge is 2.42.